The second kappa shape index (κ2) is 5.16. The number of benzene rings is 1. The molecule has 4 rings (SSSR count). The first-order chi connectivity index (χ1) is 10.3. The molecule has 2 aromatic rings. The molecule has 2 aliphatic heterocycles. The summed E-state index contributed by atoms with van der Waals surface area (Å²) in [5.74, 6) is 1.99. The van der Waals surface area contributed by atoms with Gasteiger partial charge < -0.3 is 18.8 Å². The van der Waals surface area contributed by atoms with Crippen LogP contribution in [0.1, 0.15) is 12.8 Å². The molecule has 21 heavy (non-hydrogen) atoms. The summed E-state index contributed by atoms with van der Waals surface area (Å²) in [5.41, 5.74) is 0.848. The predicted octanol–water partition coefficient (Wildman–Crippen LogP) is 1.24. The summed E-state index contributed by atoms with van der Waals surface area (Å²) in [4.78, 5) is 1.92. The number of nitrogens with zero attached hydrogens (tertiary/aromatic N) is 2. The highest BCUT2D eigenvalue weighted by Crippen LogP contribution is 2.35. The normalized spacial score (nSPS) is 17.5. The third kappa shape index (κ3) is 2.43. The summed E-state index contributed by atoms with van der Waals surface area (Å²) in [7, 11) is 0. The third-order valence-corrected chi connectivity index (χ3v) is 4.20. The van der Waals surface area contributed by atoms with E-state index in [0.717, 1.165) is 18.0 Å². The van der Waals surface area contributed by atoms with E-state index in [0.29, 0.717) is 16.5 Å². The lowest BCUT2D eigenvalue weighted by Crippen LogP contribution is -3.09. The highest BCUT2D eigenvalue weighted by molar-refractivity contribution is 7.71. The van der Waals surface area contributed by atoms with E-state index in [-0.39, 0.29) is 6.79 Å². The highest BCUT2D eigenvalue weighted by atomic mass is 32.1. The Morgan fingerprint density at radius 2 is 2.00 bits per heavy atom. The molecule has 110 valence electrons. The Kier molecular flexibility index (Phi) is 3.16. The average molecular weight is 306 g/mol. The molecule has 2 aliphatic rings. The van der Waals surface area contributed by atoms with E-state index < -0.39 is 0 Å². The van der Waals surface area contributed by atoms with Gasteiger partial charge in [0.2, 0.25) is 12.7 Å². The van der Waals surface area contributed by atoms with Crippen molar-refractivity contribution in [3.63, 3.8) is 0 Å². The van der Waals surface area contributed by atoms with Gasteiger partial charge in [-0.05, 0) is 30.4 Å². The van der Waals surface area contributed by atoms with Gasteiger partial charge in [-0.1, -0.05) is 0 Å². The molecule has 3 heterocycles. The number of likely N-dealkylation sites (tertiary alicyclic amines) is 1. The maximum Gasteiger partial charge on any atom is 0.292 e. The second-order valence-electron chi connectivity index (χ2n) is 5.36. The van der Waals surface area contributed by atoms with Crippen molar-refractivity contribution in [2.45, 2.75) is 19.5 Å². The Morgan fingerprint density at radius 3 is 2.86 bits per heavy atom. The molecule has 1 aromatic carbocycles. The molecule has 0 radical (unpaired) electrons. The number of hydrogen-bond donors (Lipinski definition) is 1. The summed E-state index contributed by atoms with van der Waals surface area (Å²) in [6.07, 6.45) is 2.55. The van der Waals surface area contributed by atoms with Crippen LogP contribution in [0.15, 0.2) is 22.6 Å². The number of fused-ring (bicyclic) bond motifs is 1. The maximum atomic E-state index is 5.63. The van der Waals surface area contributed by atoms with Crippen molar-refractivity contribution < 1.29 is 18.8 Å². The summed E-state index contributed by atoms with van der Waals surface area (Å²) < 4.78 is 18.1. The molecule has 1 saturated heterocycles. The van der Waals surface area contributed by atoms with Crippen LogP contribution in [0.4, 0.5) is 0 Å². The predicted molar refractivity (Wildman–Crippen MR) is 76.8 cm³/mol. The minimum absolute atomic E-state index is 0.259. The molecule has 6 nitrogen and oxygen atoms in total. The minimum Gasteiger partial charge on any atom is -0.454 e. The van der Waals surface area contributed by atoms with Crippen LogP contribution in [-0.2, 0) is 6.67 Å². The number of aromatic nitrogens is 2. The van der Waals surface area contributed by atoms with Crippen LogP contribution in [0.5, 0.6) is 11.5 Å². The number of nitrogens with one attached hydrogen (secondary N) is 1. The number of rotatable bonds is 3. The van der Waals surface area contributed by atoms with Crippen LogP contribution >= 0.6 is 12.2 Å². The Hall–Kier alpha value is -1.86. The zero-order chi connectivity index (χ0) is 14.2. The average Bonchev–Trinajstić information content (AvgIpc) is 3.20. The summed E-state index contributed by atoms with van der Waals surface area (Å²) in [6.45, 7) is 3.38. The SMILES string of the molecule is S=c1oc(-c2ccc3c(c2)OCO3)nn1C[NH+]1CCCC1. The van der Waals surface area contributed by atoms with E-state index in [1.165, 1.54) is 30.8 Å². The lowest BCUT2D eigenvalue weighted by Gasteiger charge is -2.10. The Morgan fingerprint density at radius 1 is 1.19 bits per heavy atom. The largest absolute Gasteiger partial charge is 0.454 e. The molecule has 0 bridgehead atoms. The van der Waals surface area contributed by atoms with Gasteiger partial charge in [-0.2, -0.15) is 4.68 Å². The summed E-state index contributed by atoms with van der Waals surface area (Å²) in [6, 6.07) is 5.64. The first-order valence-corrected chi connectivity index (χ1v) is 7.52. The van der Waals surface area contributed by atoms with Gasteiger partial charge in [-0.15, -0.1) is 5.10 Å². The molecule has 0 amide bonds. The molecule has 1 aromatic heterocycles. The molecule has 0 aliphatic carbocycles. The molecule has 1 fully saturated rings. The van der Waals surface area contributed by atoms with Crippen molar-refractivity contribution in [2.24, 2.45) is 0 Å². The van der Waals surface area contributed by atoms with E-state index in [2.05, 4.69) is 5.10 Å². The fourth-order valence-corrected chi connectivity index (χ4v) is 2.98. The van der Waals surface area contributed by atoms with Crippen molar-refractivity contribution in [2.75, 3.05) is 19.9 Å². The smallest absolute Gasteiger partial charge is 0.292 e. The highest BCUT2D eigenvalue weighted by Gasteiger charge is 2.19. The molecule has 0 atom stereocenters. The van der Waals surface area contributed by atoms with E-state index in [1.54, 1.807) is 4.68 Å². The third-order valence-electron chi connectivity index (χ3n) is 3.91. The molecule has 0 saturated carbocycles. The monoisotopic (exact) mass is 306 g/mol. The van der Waals surface area contributed by atoms with Gasteiger partial charge in [0.1, 0.15) is 0 Å². The lowest BCUT2D eigenvalue weighted by molar-refractivity contribution is -0.911. The maximum absolute atomic E-state index is 5.63. The fraction of sp³-hybridized carbons (Fsp3) is 0.429. The second-order valence-corrected chi connectivity index (χ2v) is 5.71. The molecule has 7 heteroatoms. The van der Waals surface area contributed by atoms with Gasteiger partial charge in [-0.3, -0.25) is 0 Å². The van der Waals surface area contributed by atoms with Crippen molar-refractivity contribution in [3.05, 3.63) is 23.0 Å². The van der Waals surface area contributed by atoms with E-state index in [4.69, 9.17) is 26.1 Å². The number of ether oxygens (including phenoxy) is 2. The van der Waals surface area contributed by atoms with Crippen LogP contribution in [0.2, 0.25) is 0 Å². The van der Waals surface area contributed by atoms with Crippen LogP contribution in [0.3, 0.4) is 0 Å². The summed E-state index contributed by atoms with van der Waals surface area (Å²) >= 11 is 5.27. The number of hydrogen-bond acceptors (Lipinski definition) is 5. The van der Waals surface area contributed by atoms with Crippen molar-refractivity contribution in [1.29, 1.82) is 0 Å². The Bertz CT molecular complexity index is 718. The minimum atomic E-state index is 0.259. The number of quaternary nitrogens is 1. The van der Waals surface area contributed by atoms with Crippen LogP contribution in [0.25, 0.3) is 11.5 Å². The zero-order valence-electron chi connectivity index (χ0n) is 11.5. The molecule has 0 unspecified atom stereocenters. The quantitative estimate of drug-likeness (QED) is 0.865. The first-order valence-electron chi connectivity index (χ1n) is 7.11. The first kappa shape index (κ1) is 12.8. The molecular weight excluding hydrogens is 290 g/mol. The van der Waals surface area contributed by atoms with E-state index in [1.807, 2.05) is 18.2 Å². The van der Waals surface area contributed by atoms with Gasteiger partial charge in [-0.25, -0.2) is 0 Å². The standard InChI is InChI=1S/C14H15N3O3S/c21-14-17(8-16-5-1-2-6-16)15-13(20-14)10-3-4-11-12(7-10)19-9-18-11/h3-4,7H,1-2,5-6,8-9H2/p+1. The van der Waals surface area contributed by atoms with E-state index in [9.17, 15) is 0 Å². The van der Waals surface area contributed by atoms with Gasteiger partial charge in [0, 0.05) is 18.4 Å². The van der Waals surface area contributed by atoms with Gasteiger partial charge in [0.15, 0.2) is 18.2 Å². The van der Waals surface area contributed by atoms with Crippen molar-refractivity contribution in [1.82, 2.24) is 9.78 Å². The Balaban J connectivity index is 1.62. The van der Waals surface area contributed by atoms with Crippen molar-refractivity contribution in [3.8, 4) is 23.0 Å². The van der Waals surface area contributed by atoms with Crippen LogP contribution in [0, 0.1) is 4.84 Å². The van der Waals surface area contributed by atoms with E-state index >= 15 is 0 Å². The van der Waals surface area contributed by atoms with Gasteiger partial charge >= 0.3 is 0 Å². The molecule has 1 N–H and O–H groups in total. The molecule has 0 spiro atoms. The summed E-state index contributed by atoms with van der Waals surface area (Å²) in [5, 5.41) is 4.50. The van der Waals surface area contributed by atoms with Gasteiger partial charge in [0.25, 0.3) is 4.84 Å². The molecular formula is C14H16N3O3S+. The fourth-order valence-electron chi connectivity index (χ4n) is 2.80. The Labute approximate surface area is 126 Å². The van der Waals surface area contributed by atoms with Crippen LogP contribution < -0.4 is 14.4 Å². The van der Waals surface area contributed by atoms with Crippen LogP contribution in [-0.4, -0.2) is 29.7 Å². The lowest BCUT2D eigenvalue weighted by atomic mass is 10.2. The topological polar surface area (TPSA) is 53.9 Å². The van der Waals surface area contributed by atoms with Crippen molar-refractivity contribution >= 4 is 12.2 Å². The van der Waals surface area contributed by atoms with Gasteiger partial charge in [0.05, 0.1) is 13.1 Å². The zero-order valence-corrected chi connectivity index (χ0v) is 12.3.